The van der Waals surface area contributed by atoms with Crippen LogP contribution in [0, 0.1) is 5.92 Å². The molecule has 0 unspecified atom stereocenters. The Hall–Kier alpha value is -1.48. The number of carbonyl (C=O) groups is 1. The molecule has 2 aromatic rings. The predicted octanol–water partition coefficient (Wildman–Crippen LogP) is 3.69. The maximum absolute atomic E-state index is 12.4. The summed E-state index contributed by atoms with van der Waals surface area (Å²) in [7, 11) is 0. The highest BCUT2D eigenvalue weighted by Gasteiger charge is 2.22. The Kier molecular flexibility index (Phi) is 3.23. The number of benzene rings is 1. The third-order valence-electron chi connectivity index (χ3n) is 3.88. The summed E-state index contributed by atoms with van der Waals surface area (Å²) in [4.78, 5) is 17.5. The van der Waals surface area contributed by atoms with E-state index in [4.69, 9.17) is 11.6 Å². The molecule has 0 atom stereocenters. The smallest absolute Gasteiger partial charge is 0.270 e. The Bertz CT molecular complexity index is 612. The number of likely N-dealkylation sites (tertiary alicyclic amines) is 1. The van der Waals surface area contributed by atoms with Crippen LogP contribution in [0.15, 0.2) is 24.3 Å². The number of H-pyrrole nitrogens is 1. The van der Waals surface area contributed by atoms with E-state index in [-0.39, 0.29) is 5.91 Å². The maximum Gasteiger partial charge on any atom is 0.270 e. The molecule has 0 spiro atoms. The van der Waals surface area contributed by atoms with E-state index in [1.807, 2.05) is 29.2 Å². The fraction of sp³-hybridized carbons (Fsp3) is 0.400. The van der Waals surface area contributed by atoms with Gasteiger partial charge in [0.25, 0.3) is 5.91 Å². The van der Waals surface area contributed by atoms with E-state index in [1.54, 1.807) is 0 Å². The molecule has 3 rings (SSSR count). The van der Waals surface area contributed by atoms with Gasteiger partial charge in [-0.1, -0.05) is 18.5 Å². The number of aromatic amines is 1. The van der Waals surface area contributed by atoms with Crippen LogP contribution in [0.3, 0.4) is 0 Å². The summed E-state index contributed by atoms with van der Waals surface area (Å²) < 4.78 is 0. The Morgan fingerprint density at radius 2 is 2.05 bits per heavy atom. The maximum atomic E-state index is 12.4. The van der Waals surface area contributed by atoms with Gasteiger partial charge in [-0.15, -0.1) is 0 Å². The number of amides is 1. The van der Waals surface area contributed by atoms with E-state index in [9.17, 15) is 4.79 Å². The topological polar surface area (TPSA) is 36.1 Å². The van der Waals surface area contributed by atoms with Crippen molar-refractivity contribution in [3.05, 3.63) is 35.0 Å². The minimum Gasteiger partial charge on any atom is -0.351 e. The fourth-order valence-electron chi connectivity index (χ4n) is 2.60. The van der Waals surface area contributed by atoms with Crippen molar-refractivity contribution in [2.24, 2.45) is 5.92 Å². The average Bonchev–Trinajstić information content (AvgIpc) is 2.81. The van der Waals surface area contributed by atoms with E-state index in [2.05, 4.69) is 11.9 Å². The molecule has 2 heterocycles. The number of piperidine rings is 1. The Balaban J connectivity index is 1.85. The molecular formula is C15H17ClN2O. The first-order chi connectivity index (χ1) is 9.13. The zero-order valence-electron chi connectivity index (χ0n) is 10.9. The molecule has 1 amide bonds. The second-order valence-corrected chi connectivity index (χ2v) is 5.83. The lowest BCUT2D eigenvalue weighted by molar-refractivity contribution is 0.0692. The van der Waals surface area contributed by atoms with Crippen molar-refractivity contribution >= 4 is 28.4 Å². The molecule has 1 aromatic heterocycles. The van der Waals surface area contributed by atoms with Crippen LogP contribution in [0.5, 0.6) is 0 Å². The molecule has 100 valence electrons. The highest BCUT2D eigenvalue weighted by molar-refractivity contribution is 6.31. The van der Waals surface area contributed by atoms with Gasteiger partial charge in [0, 0.05) is 29.0 Å². The minimum absolute atomic E-state index is 0.0965. The number of halogens is 1. The third kappa shape index (κ3) is 2.47. The molecule has 1 saturated heterocycles. The highest BCUT2D eigenvalue weighted by atomic mass is 35.5. The number of hydrogen-bond donors (Lipinski definition) is 1. The molecule has 1 aliphatic heterocycles. The molecule has 0 radical (unpaired) electrons. The zero-order chi connectivity index (χ0) is 13.4. The van der Waals surface area contributed by atoms with Gasteiger partial charge in [0.2, 0.25) is 0 Å². The molecule has 1 fully saturated rings. The molecule has 3 nitrogen and oxygen atoms in total. The van der Waals surface area contributed by atoms with Gasteiger partial charge in [0.1, 0.15) is 5.69 Å². The van der Waals surface area contributed by atoms with E-state index in [1.165, 1.54) is 0 Å². The molecule has 1 aliphatic rings. The molecule has 0 bridgehead atoms. The molecule has 19 heavy (non-hydrogen) atoms. The largest absolute Gasteiger partial charge is 0.351 e. The van der Waals surface area contributed by atoms with Crippen molar-refractivity contribution in [3.63, 3.8) is 0 Å². The number of fused-ring (bicyclic) bond motifs is 1. The van der Waals surface area contributed by atoms with E-state index in [0.29, 0.717) is 10.7 Å². The van der Waals surface area contributed by atoms with Crippen molar-refractivity contribution in [1.82, 2.24) is 9.88 Å². The Morgan fingerprint density at radius 1 is 1.32 bits per heavy atom. The second kappa shape index (κ2) is 4.89. The lowest BCUT2D eigenvalue weighted by Gasteiger charge is -2.29. The van der Waals surface area contributed by atoms with E-state index >= 15 is 0 Å². The van der Waals surface area contributed by atoms with Crippen molar-refractivity contribution < 1.29 is 4.79 Å². The monoisotopic (exact) mass is 276 g/mol. The fourth-order valence-corrected chi connectivity index (χ4v) is 2.78. The van der Waals surface area contributed by atoms with Gasteiger partial charge in [-0.05, 0) is 43.0 Å². The average molecular weight is 277 g/mol. The molecule has 0 aliphatic carbocycles. The number of aromatic nitrogens is 1. The van der Waals surface area contributed by atoms with Gasteiger partial charge in [-0.2, -0.15) is 0 Å². The van der Waals surface area contributed by atoms with Crippen molar-refractivity contribution in [2.75, 3.05) is 13.1 Å². The predicted molar refractivity (Wildman–Crippen MR) is 77.6 cm³/mol. The SMILES string of the molecule is CC1CCN(C(=O)c2cc3cc(Cl)ccc3[nH]2)CC1. The quantitative estimate of drug-likeness (QED) is 0.847. The summed E-state index contributed by atoms with van der Waals surface area (Å²) in [5.41, 5.74) is 1.62. The van der Waals surface area contributed by atoms with Gasteiger partial charge in [-0.25, -0.2) is 0 Å². The minimum atomic E-state index is 0.0965. The first kappa shape index (κ1) is 12.5. The third-order valence-corrected chi connectivity index (χ3v) is 4.12. The number of rotatable bonds is 1. The molecular weight excluding hydrogens is 260 g/mol. The van der Waals surface area contributed by atoms with Crippen LogP contribution < -0.4 is 0 Å². The van der Waals surface area contributed by atoms with Crippen molar-refractivity contribution in [1.29, 1.82) is 0 Å². The standard InChI is InChI=1S/C15H17ClN2O/c1-10-4-6-18(7-5-10)15(19)14-9-11-8-12(16)2-3-13(11)17-14/h2-3,8-10,17H,4-7H2,1H3. The van der Waals surface area contributed by atoms with Gasteiger partial charge >= 0.3 is 0 Å². The zero-order valence-corrected chi connectivity index (χ0v) is 11.7. The van der Waals surface area contributed by atoms with Crippen LogP contribution in [0.2, 0.25) is 5.02 Å². The van der Waals surface area contributed by atoms with Crippen molar-refractivity contribution in [3.8, 4) is 0 Å². The lowest BCUT2D eigenvalue weighted by Crippen LogP contribution is -2.38. The van der Waals surface area contributed by atoms with Crippen LogP contribution in [0.25, 0.3) is 10.9 Å². The van der Waals surface area contributed by atoms with Crippen LogP contribution in [0.4, 0.5) is 0 Å². The van der Waals surface area contributed by atoms with Crippen molar-refractivity contribution in [2.45, 2.75) is 19.8 Å². The number of hydrogen-bond acceptors (Lipinski definition) is 1. The lowest BCUT2D eigenvalue weighted by atomic mass is 9.99. The van der Waals surface area contributed by atoms with Gasteiger partial charge in [-0.3, -0.25) is 4.79 Å². The Morgan fingerprint density at radius 3 is 2.79 bits per heavy atom. The van der Waals surface area contributed by atoms with Crippen LogP contribution in [-0.2, 0) is 0 Å². The Labute approximate surface area is 117 Å². The number of carbonyl (C=O) groups excluding carboxylic acids is 1. The molecule has 1 aromatic carbocycles. The van der Waals surface area contributed by atoms with Gasteiger partial charge in [0.15, 0.2) is 0 Å². The summed E-state index contributed by atoms with van der Waals surface area (Å²) in [6.45, 7) is 3.96. The molecule has 4 heteroatoms. The first-order valence-corrected chi connectivity index (χ1v) is 7.09. The first-order valence-electron chi connectivity index (χ1n) is 6.71. The van der Waals surface area contributed by atoms with Crippen LogP contribution in [0.1, 0.15) is 30.3 Å². The highest BCUT2D eigenvalue weighted by Crippen LogP contribution is 2.22. The molecule has 1 N–H and O–H groups in total. The van der Waals surface area contributed by atoms with Crippen LogP contribution >= 0.6 is 11.6 Å². The summed E-state index contributed by atoms with van der Waals surface area (Å²) in [6, 6.07) is 7.51. The summed E-state index contributed by atoms with van der Waals surface area (Å²) >= 11 is 5.96. The second-order valence-electron chi connectivity index (χ2n) is 5.39. The van der Waals surface area contributed by atoms with Gasteiger partial charge < -0.3 is 9.88 Å². The summed E-state index contributed by atoms with van der Waals surface area (Å²) in [5, 5.41) is 1.68. The van der Waals surface area contributed by atoms with Crippen LogP contribution in [-0.4, -0.2) is 28.9 Å². The van der Waals surface area contributed by atoms with E-state index < -0.39 is 0 Å². The number of nitrogens with one attached hydrogen (secondary N) is 1. The summed E-state index contributed by atoms with van der Waals surface area (Å²) in [5.74, 6) is 0.824. The number of nitrogens with zero attached hydrogens (tertiary/aromatic N) is 1. The van der Waals surface area contributed by atoms with E-state index in [0.717, 1.165) is 42.8 Å². The summed E-state index contributed by atoms with van der Waals surface area (Å²) in [6.07, 6.45) is 2.19. The normalized spacial score (nSPS) is 17.1. The molecule has 0 saturated carbocycles. The van der Waals surface area contributed by atoms with Gasteiger partial charge in [0.05, 0.1) is 0 Å².